The maximum absolute atomic E-state index is 13.0. The van der Waals surface area contributed by atoms with Gasteiger partial charge in [0.05, 0.1) is 0 Å². The van der Waals surface area contributed by atoms with Crippen LogP contribution in [0.25, 0.3) is 0 Å². The van der Waals surface area contributed by atoms with E-state index < -0.39 is 41.5 Å². The van der Waals surface area contributed by atoms with Crippen molar-refractivity contribution in [2.45, 2.75) is 0 Å². The number of methoxy groups -OCH3 is 1. The van der Waals surface area contributed by atoms with Gasteiger partial charge in [0.15, 0.2) is 24.2 Å². The zero-order valence-electron chi connectivity index (χ0n) is 8.09. The van der Waals surface area contributed by atoms with Gasteiger partial charge in [-0.2, -0.15) is 4.39 Å². The molecule has 0 radical (unpaired) electrons. The summed E-state index contributed by atoms with van der Waals surface area (Å²) < 4.78 is 47.8. The van der Waals surface area contributed by atoms with Gasteiger partial charge in [-0.05, 0) is 0 Å². The molecule has 1 aromatic carbocycles. The molecule has 0 aliphatic carbocycles. The molecule has 7 heteroatoms. The fraction of sp³-hybridized carbons (Fsp3) is 0.222. The van der Waals surface area contributed by atoms with Crippen LogP contribution in [-0.2, 0) is 4.74 Å². The normalized spacial score (nSPS) is 10.2. The van der Waals surface area contributed by atoms with Gasteiger partial charge in [0.2, 0.25) is 5.82 Å². The molecule has 4 nitrogen and oxygen atoms in total. The fourth-order valence-electron chi connectivity index (χ4n) is 0.964. The van der Waals surface area contributed by atoms with Crippen LogP contribution in [0.15, 0.2) is 6.07 Å². The SMILES string of the molecule is COCOc1cc(C(=O)O)c(F)c(F)c1F. The van der Waals surface area contributed by atoms with Crippen molar-refractivity contribution in [3.05, 3.63) is 29.1 Å². The van der Waals surface area contributed by atoms with E-state index in [4.69, 9.17) is 5.11 Å². The van der Waals surface area contributed by atoms with Gasteiger partial charge in [0.1, 0.15) is 5.56 Å². The van der Waals surface area contributed by atoms with Gasteiger partial charge in [-0.15, -0.1) is 0 Å². The van der Waals surface area contributed by atoms with E-state index in [1.54, 1.807) is 0 Å². The summed E-state index contributed by atoms with van der Waals surface area (Å²) >= 11 is 0. The second kappa shape index (κ2) is 4.84. The van der Waals surface area contributed by atoms with Crippen LogP contribution < -0.4 is 4.74 Å². The van der Waals surface area contributed by atoms with E-state index in [1.807, 2.05) is 0 Å². The van der Waals surface area contributed by atoms with E-state index >= 15 is 0 Å². The smallest absolute Gasteiger partial charge is 0.338 e. The third-order valence-electron chi connectivity index (χ3n) is 1.68. The molecule has 16 heavy (non-hydrogen) atoms. The largest absolute Gasteiger partial charge is 0.478 e. The highest BCUT2D eigenvalue weighted by atomic mass is 19.2. The predicted molar refractivity (Wildman–Crippen MR) is 45.8 cm³/mol. The molecule has 1 N–H and O–H groups in total. The first kappa shape index (κ1) is 12.3. The lowest BCUT2D eigenvalue weighted by atomic mass is 10.2. The quantitative estimate of drug-likeness (QED) is 0.639. The van der Waals surface area contributed by atoms with Crippen LogP contribution in [0.4, 0.5) is 13.2 Å². The average molecular weight is 236 g/mol. The highest BCUT2D eigenvalue weighted by Crippen LogP contribution is 2.25. The van der Waals surface area contributed by atoms with Crippen molar-refractivity contribution in [2.24, 2.45) is 0 Å². The summed E-state index contributed by atoms with van der Waals surface area (Å²) in [7, 11) is 1.23. The molecule has 0 bridgehead atoms. The van der Waals surface area contributed by atoms with Crippen molar-refractivity contribution < 1.29 is 32.5 Å². The number of carboxylic acids is 1. The van der Waals surface area contributed by atoms with E-state index in [0.29, 0.717) is 6.07 Å². The molecule has 0 spiro atoms. The van der Waals surface area contributed by atoms with Gasteiger partial charge >= 0.3 is 5.97 Å². The van der Waals surface area contributed by atoms with Crippen LogP contribution in [0.3, 0.4) is 0 Å². The number of rotatable bonds is 4. The number of hydrogen-bond acceptors (Lipinski definition) is 3. The molecule has 0 amide bonds. The molecule has 0 atom stereocenters. The third kappa shape index (κ3) is 2.25. The number of benzene rings is 1. The van der Waals surface area contributed by atoms with E-state index in [1.165, 1.54) is 7.11 Å². The van der Waals surface area contributed by atoms with Gasteiger partial charge in [-0.1, -0.05) is 0 Å². The summed E-state index contributed by atoms with van der Waals surface area (Å²) in [6, 6.07) is 0.551. The number of carbonyl (C=O) groups is 1. The molecule has 0 fully saturated rings. The highest BCUT2D eigenvalue weighted by molar-refractivity contribution is 5.88. The summed E-state index contributed by atoms with van der Waals surface area (Å²) in [4.78, 5) is 10.5. The average Bonchev–Trinajstić information content (AvgIpc) is 2.24. The molecule has 0 aromatic heterocycles. The molecule has 0 saturated heterocycles. The van der Waals surface area contributed by atoms with Crippen LogP contribution in [-0.4, -0.2) is 25.0 Å². The molecular weight excluding hydrogens is 229 g/mol. The first-order chi connectivity index (χ1) is 7.49. The molecule has 0 aliphatic heterocycles. The van der Waals surface area contributed by atoms with Crippen molar-refractivity contribution >= 4 is 5.97 Å². The standard InChI is InChI=1S/C9H7F3O4/c1-15-3-16-5-2-4(9(13)14)6(10)8(12)7(5)11/h2H,3H2,1H3,(H,13,14). The topological polar surface area (TPSA) is 55.8 Å². The van der Waals surface area contributed by atoms with E-state index in [0.717, 1.165) is 0 Å². The fourth-order valence-corrected chi connectivity index (χ4v) is 0.964. The molecule has 0 heterocycles. The molecule has 0 unspecified atom stereocenters. The second-order valence-electron chi connectivity index (χ2n) is 2.72. The minimum atomic E-state index is -1.90. The maximum Gasteiger partial charge on any atom is 0.338 e. The molecule has 88 valence electrons. The number of hydrogen-bond donors (Lipinski definition) is 1. The molecule has 0 aliphatic rings. The monoisotopic (exact) mass is 236 g/mol. The molecule has 0 saturated carbocycles. The summed E-state index contributed by atoms with van der Waals surface area (Å²) in [5.41, 5.74) is -1.01. The Labute approximate surface area is 88.2 Å². The van der Waals surface area contributed by atoms with Crippen LogP contribution >= 0.6 is 0 Å². The van der Waals surface area contributed by atoms with Gasteiger partial charge in [-0.25, -0.2) is 13.6 Å². The van der Waals surface area contributed by atoms with Crippen molar-refractivity contribution in [3.8, 4) is 5.75 Å². The van der Waals surface area contributed by atoms with Crippen molar-refractivity contribution in [1.82, 2.24) is 0 Å². The Hall–Kier alpha value is -1.76. The first-order valence-corrected chi connectivity index (χ1v) is 4.01. The van der Waals surface area contributed by atoms with Gasteiger partial charge in [-0.3, -0.25) is 0 Å². The number of carboxylic acid groups (broad SMARTS) is 1. The summed E-state index contributed by atoms with van der Waals surface area (Å²) in [6.45, 7) is -0.416. The van der Waals surface area contributed by atoms with E-state index in [-0.39, 0.29) is 0 Å². The Kier molecular flexibility index (Phi) is 3.73. The minimum absolute atomic E-state index is 0.416. The first-order valence-electron chi connectivity index (χ1n) is 4.01. The third-order valence-corrected chi connectivity index (χ3v) is 1.68. The number of aromatic carboxylic acids is 1. The Morgan fingerprint density at radius 3 is 2.44 bits per heavy atom. The Bertz CT molecular complexity index is 420. The van der Waals surface area contributed by atoms with Crippen LogP contribution in [0.5, 0.6) is 5.75 Å². The van der Waals surface area contributed by atoms with Crippen LogP contribution in [0.1, 0.15) is 10.4 Å². The lowest BCUT2D eigenvalue weighted by molar-refractivity contribution is 0.0471. The Morgan fingerprint density at radius 2 is 1.94 bits per heavy atom. The predicted octanol–water partition coefficient (Wildman–Crippen LogP) is 1.78. The summed E-state index contributed by atoms with van der Waals surface area (Å²) in [5.74, 6) is -7.71. The maximum atomic E-state index is 13.0. The molecule has 1 rings (SSSR count). The van der Waals surface area contributed by atoms with E-state index in [9.17, 15) is 18.0 Å². The molecular formula is C9H7F3O4. The summed E-state index contributed by atoms with van der Waals surface area (Å²) in [6.07, 6.45) is 0. The van der Waals surface area contributed by atoms with E-state index in [2.05, 4.69) is 9.47 Å². The van der Waals surface area contributed by atoms with Crippen LogP contribution in [0, 0.1) is 17.5 Å². The van der Waals surface area contributed by atoms with Crippen LogP contribution in [0.2, 0.25) is 0 Å². The Balaban J connectivity index is 3.24. The van der Waals surface area contributed by atoms with Gasteiger partial charge in [0.25, 0.3) is 0 Å². The Morgan fingerprint density at radius 1 is 1.31 bits per heavy atom. The minimum Gasteiger partial charge on any atom is -0.478 e. The summed E-state index contributed by atoms with van der Waals surface area (Å²) in [5, 5.41) is 8.51. The number of ether oxygens (including phenoxy) is 2. The highest BCUT2D eigenvalue weighted by Gasteiger charge is 2.23. The lowest BCUT2D eigenvalue weighted by Crippen LogP contribution is -2.09. The second-order valence-corrected chi connectivity index (χ2v) is 2.72. The lowest BCUT2D eigenvalue weighted by Gasteiger charge is -2.08. The van der Waals surface area contributed by atoms with Gasteiger partial charge < -0.3 is 14.6 Å². The van der Waals surface area contributed by atoms with Crippen molar-refractivity contribution in [3.63, 3.8) is 0 Å². The zero-order valence-corrected chi connectivity index (χ0v) is 8.09. The van der Waals surface area contributed by atoms with Crippen molar-refractivity contribution in [1.29, 1.82) is 0 Å². The van der Waals surface area contributed by atoms with Crippen molar-refractivity contribution in [2.75, 3.05) is 13.9 Å². The molecule has 1 aromatic rings. The van der Waals surface area contributed by atoms with Gasteiger partial charge in [0, 0.05) is 13.2 Å². The number of halogens is 3. The zero-order chi connectivity index (χ0) is 12.3.